The van der Waals surface area contributed by atoms with E-state index >= 15 is 0 Å². The monoisotopic (exact) mass is 362 g/mol. The summed E-state index contributed by atoms with van der Waals surface area (Å²) in [5.41, 5.74) is 0.979. The summed E-state index contributed by atoms with van der Waals surface area (Å²) >= 11 is 7.57. The van der Waals surface area contributed by atoms with Crippen LogP contribution in [0.25, 0.3) is 0 Å². The molecule has 1 N–H and O–H groups in total. The smallest absolute Gasteiger partial charge is 0.226 e. The molecule has 1 aliphatic rings. The van der Waals surface area contributed by atoms with Crippen LogP contribution in [-0.2, 0) is 9.59 Å². The second-order valence-corrected chi connectivity index (χ2v) is 7.26. The fourth-order valence-corrected chi connectivity index (χ4v) is 3.87. The Labute approximate surface area is 150 Å². The van der Waals surface area contributed by atoms with Gasteiger partial charge in [-0.05, 0) is 36.1 Å². The van der Waals surface area contributed by atoms with E-state index in [1.807, 2.05) is 48.7 Å². The van der Waals surface area contributed by atoms with E-state index in [-0.39, 0.29) is 30.2 Å². The van der Waals surface area contributed by atoms with Crippen molar-refractivity contribution in [2.24, 2.45) is 5.92 Å². The molecule has 2 heterocycles. The maximum atomic E-state index is 12.7. The van der Waals surface area contributed by atoms with Crippen molar-refractivity contribution >= 4 is 34.8 Å². The van der Waals surface area contributed by atoms with Crippen LogP contribution in [0.15, 0.2) is 41.8 Å². The molecular weight excluding hydrogens is 344 g/mol. The maximum Gasteiger partial charge on any atom is 0.226 e. The maximum absolute atomic E-state index is 12.7. The molecule has 1 fully saturated rings. The fraction of sp³-hybridized carbons (Fsp3) is 0.333. The van der Waals surface area contributed by atoms with E-state index < -0.39 is 0 Å². The van der Waals surface area contributed by atoms with E-state index in [1.165, 1.54) is 0 Å². The molecule has 24 heavy (non-hydrogen) atoms. The van der Waals surface area contributed by atoms with Crippen molar-refractivity contribution < 1.29 is 9.59 Å². The lowest BCUT2D eigenvalue weighted by Gasteiger charge is -2.20. The van der Waals surface area contributed by atoms with Crippen molar-refractivity contribution in [2.75, 3.05) is 13.1 Å². The largest absolute Gasteiger partial charge is 0.344 e. The number of nitrogens with one attached hydrogen (secondary N) is 1. The summed E-state index contributed by atoms with van der Waals surface area (Å²) < 4.78 is 0. The van der Waals surface area contributed by atoms with Gasteiger partial charge in [-0.2, -0.15) is 0 Å². The fourth-order valence-electron chi connectivity index (χ4n) is 2.94. The Kier molecular flexibility index (Phi) is 5.21. The van der Waals surface area contributed by atoms with Crippen LogP contribution in [-0.4, -0.2) is 29.8 Å². The average Bonchev–Trinajstić information content (AvgIpc) is 3.23. The molecule has 2 amide bonds. The second-order valence-electron chi connectivity index (χ2n) is 5.84. The van der Waals surface area contributed by atoms with Crippen LogP contribution < -0.4 is 5.32 Å². The highest BCUT2D eigenvalue weighted by Crippen LogP contribution is 2.28. The Morgan fingerprint density at radius 1 is 1.38 bits per heavy atom. The zero-order chi connectivity index (χ0) is 17.1. The minimum Gasteiger partial charge on any atom is -0.344 e. The van der Waals surface area contributed by atoms with Gasteiger partial charge in [-0.3, -0.25) is 9.59 Å². The lowest BCUT2D eigenvalue weighted by molar-refractivity contribution is -0.129. The average molecular weight is 363 g/mol. The molecule has 126 valence electrons. The van der Waals surface area contributed by atoms with Crippen LogP contribution in [0.2, 0.25) is 5.02 Å². The number of likely N-dealkylation sites (tertiary alicyclic amines) is 1. The standard InChI is InChI=1S/C18H19ClN2O2S/c1-2-21-11-13(10-16(21)22)18(23)20-17(15-4-3-9-24-15)12-5-7-14(19)8-6-12/h3-9,13,17H,2,10-11H2,1H3,(H,20,23)/t13-,17+/m1/s1. The number of hydrogen-bond acceptors (Lipinski definition) is 3. The van der Waals surface area contributed by atoms with Gasteiger partial charge in [0.1, 0.15) is 0 Å². The van der Waals surface area contributed by atoms with Crippen LogP contribution in [0.1, 0.15) is 29.8 Å². The first-order valence-corrected chi connectivity index (χ1v) is 9.21. The molecule has 0 saturated carbocycles. The van der Waals surface area contributed by atoms with Crippen LogP contribution >= 0.6 is 22.9 Å². The first kappa shape index (κ1) is 17.0. The third-order valence-electron chi connectivity index (χ3n) is 4.28. The van der Waals surface area contributed by atoms with Crippen LogP contribution in [0.3, 0.4) is 0 Å². The molecule has 1 aromatic heterocycles. The molecule has 3 rings (SSSR count). The van der Waals surface area contributed by atoms with E-state index in [0.717, 1.165) is 10.4 Å². The summed E-state index contributed by atoms with van der Waals surface area (Å²) in [5, 5.41) is 5.76. The minimum atomic E-state index is -0.285. The van der Waals surface area contributed by atoms with Gasteiger partial charge >= 0.3 is 0 Å². The second kappa shape index (κ2) is 7.36. The Hall–Kier alpha value is -1.85. The molecule has 1 aliphatic heterocycles. The first-order valence-electron chi connectivity index (χ1n) is 7.95. The van der Waals surface area contributed by atoms with Gasteiger partial charge < -0.3 is 10.2 Å². The van der Waals surface area contributed by atoms with Crippen molar-refractivity contribution in [1.29, 1.82) is 0 Å². The van der Waals surface area contributed by atoms with Crippen molar-refractivity contribution in [3.63, 3.8) is 0 Å². The predicted octanol–water partition coefficient (Wildman–Crippen LogP) is 3.48. The molecule has 2 atom stereocenters. The number of rotatable bonds is 5. The Bertz CT molecular complexity index is 715. The van der Waals surface area contributed by atoms with Gasteiger partial charge in [0.05, 0.1) is 12.0 Å². The van der Waals surface area contributed by atoms with E-state index in [0.29, 0.717) is 18.1 Å². The van der Waals surface area contributed by atoms with Gasteiger partial charge in [0.15, 0.2) is 0 Å². The Morgan fingerprint density at radius 2 is 2.12 bits per heavy atom. The van der Waals surface area contributed by atoms with Gasteiger partial charge in [-0.25, -0.2) is 0 Å². The van der Waals surface area contributed by atoms with Crippen LogP contribution in [0.5, 0.6) is 0 Å². The summed E-state index contributed by atoms with van der Waals surface area (Å²) in [6, 6.07) is 11.2. The number of amides is 2. The van der Waals surface area contributed by atoms with E-state index in [4.69, 9.17) is 11.6 Å². The van der Waals surface area contributed by atoms with Gasteiger partial charge in [0.2, 0.25) is 11.8 Å². The third-order valence-corrected chi connectivity index (χ3v) is 5.47. The number of nitrogens with zero attached hydrogens (tertiary/aromatic N) is 1. The lowest BCUT2D eigenvalue weighted by Crippen LogP contribution is -2.35. The number of carbonyl (C=O) groups excluding carboxylic acids is 2. The number of hydrogen-bond donors (Lipinski definition) is 1. The summed E-state index contributed by atoms with van der Waals surface area (Å²) in [6.07, 6.45) is 0.289. The molecule has 2 aromatic rings. The molecule has 0 unspecified atom stereocenters. The molecule has 0 radical (unpaired) electrons. The SMILES string of the molecule is CCN1C[C@H](C(=O)N[C@@H](c2ccc(Cl)cc2)c2cccs2)CC1=O. The highest BCUT2D eigenvalue weighted by Gasteiger charge is 2.34. The topological polar surface area (TPSA) is 49.4 Å². The van der Waals surface area contributed by atoms with E-state index in [1.54, 1.807) is 16.2 Å². The highest BCUT2D eigenvalue weighted by molar-refractivity contribution is 7.10. The zero-order valence-electron chi connectivity index (χ0n) is 13.4. The summed E-state index contributed by atoms with van der Waals surface area (Å²) in [6.45, 7) is 3.08. The van der Waals surface area contributed by atoms with E-state index in [9.17, 15) is 9.59 Å². The molecule has 6 heteroatoms. The predicted molar refractivity (Wildman–Crippen MR) is 96.1 cm³/mol. The highest BCUT2D eigenvalue weighted by atomic mass is 35.5. The van der Waals surface area contributed by atoms with Gasteiger partial charge in [0, 0.05) is 29.4 Å². The van der Waals surface area contributed by atoms with E-state index in [2.05, 4.69) is 5.32 Å². The number of carbonyl (C=O) groups is 2. The van der Waals surface area contributed by atoms with Crippen molar-refractivity contribution in [3.05, 3.63) is 57.2 Å². The van der Waals surface area contributed by atoms with Gasteiger partial charge in [-0.1, -0.05) is 29.8 Å². The summed E-state index contributed by atoms with van der Waals surface area (Å²) in [4.78, 5) is 27.3. The number of thiophene rings is 1. The molecule has 0 spiro atoms. The van der Waals surface area contributed by atoms with Crippen molar-refractivity contribution in [2.45, 2.75) is 19.4 Å². The normalized spacial score (nSPS) is 18.7. The summed E-state index contributed by atoms with van der Waals surface area (Å²) in [5.74, 6) is -0.309. The molecule has 0 aliphatic carbocycles. The van der Waals surface area contributed by atoms with Crippen molar-refractivity contribution in [3.8, 4) is 0 Å². The van der Waals surface area contributed by atoms with Crippen molar-refractivity contribution in [1.82, 2.24) is 10.2 Å². The van der Waals surface area contributed by atoms with Gasteiger partial charge in [0.25, 0.3) is 0 Å². The Morgan fingerprint density at radius 3 is 2.71 bits per heavy atom. The minimum absolute atomic E-state index is 0.0526. The lowest BCUT2D eigenvalue weighted by atomic mass is 10.0. The molecular formula is C18H19ClN2O2S. The third kappa shape index (κ3) is 3.62. The first-order chi connectivity index (χ1) is 11.6. The van der Waals surface area contributed by atoms with Crippen LogP contribution in [0, 0.1) is 5.92 Å². The zero-order valence-corrected chi connectivity index (χ0v) is 14.9. The molecule has 1 saturated heterocycles. The Balaban J connectivity index is 1.79. The number of halogens is 1. The molecule has 4 nitrogen and oxygen atoms in total. The van der Waals surface area contributed by atoms with Crippen LogP contribution in [0.4, 0.5) is 0 Å². The molecule has 0 bridgehead atoms. The quantitative estimate of drug-likeness (QED) is 0.885. The van der Waals surface area contributed by atoms with Gasteiger partial charge in [-0.15, -0.1) is 11.3 Å². The number of benzene rings is 1. The molecule has 1 aromatic carbocycles. The summed E-state index contributed by atoms with van der Waals surface area (Å²) in [7, 11) is 0.